The Kier molecular flexibility index (Phi) is 7.32. The van der Waals surface area contributed by atoms with Crippen molar-refractivity contribution < 1.29 is 29.3 Å². The van der Waals surface area contributed by atoms with E-state index in [9.17, 15) is 14.7 Å². The molecule has 2 rings (SSSR count). The average molecular weight is 344 g/mol. The Morgan fingerprint density at radius 1 is 1.38 bits per heavy atom. The second-order valence-electron chi connectivity index (χ2n) is 5.56. The number of methoxy groups -OCH3 is 1. The maximum absolute atomic E-state index is 11.8. The van der Waals surface area contributed by atoms with Gasteiger partial charge in [0.25, 0.3) is 0 Å². The van der Waals surface area contributed by atoms with Crippen molar-refractivity contribution in [3.63, 3.8) is 0 Å². The summed E-state index contributed by atoms with van der Waals surface area (Å²) < 4.78 is 10.4. The van der Waals surface area contributed by atoms with E-state index in [1.54, 1.807) is 0 Å². The number of hydrogen-bond acceptors (Lipinski definition) is 5. The number of allylic oxidation sites excluding steroid dienone is 2. The molecule has 24 heavy (non-hydrogen) atoms. The predicted octanol–water partition coefficient (Wildman–Crippen LogP) is 2.08. The van der Waals surface area contributed by atoms with Gasteiger partial charge < -0.3 is 19.7 Å². The first-order chi connectivity index (χ1) is 10.9. The van der Waals surface area contributed by atoms with E-state index in [4.69, 9.17) is 14.6 Å². The minimum absolute atomic E-state index is 0. The number of hydrogen-bond donors (Lipinski definition) is 2. The predicted molar refractivity (Wildman–Crippen MR) is 90.0 cm³/mol. The molecular weight excluding hydrogens is 323 g/mol. The molecule has 126 valence electrons. The van der Waals surface area contributed by atoms with Gasteiger partial charge in [0, 0.05) is 17.5 Å². The van der Waals surface area contributed by atoms with Crippen LogP contribution in [0.25, 0.3) is 0 Å². The third kappa shape index (κ3) is 4.12. The van der Waals surface area contributed by atoms with Crippen LogP contribution < -0.4 is 4.74 Å². The number of benzene rings is 1. The van der Waals surface area contributed by atoms with E-state index in [2.05, 4.69) is 0 Å². The molecule has 0 spiro atoms. The Labute approximate surface area is 162 Å². The number of rotatable bonds is 6. The third-order valence-electron chi connectivity index (χ3n) is 4.04. The molecule has 0 fully saturated rings. The van der Waals surface area contributed by atoms with E-state index in [0.717, 1.165) is 11.1 Å². The van der Waals surface area contributed by atoms with E-state index in [1.165, 1.54) is 7.11 Å². The molecule has 0 radical (unpaired) electrons. The van der Waals surface area contributed by atoms with Gasteiger partial charge in [-0.1, -0.05) is 11.6 Å². The Balaban J connectivity index is 0.00000288. The van der Waals surface area contributed by atoms with Crippen LogP contribution in [-0.2, 0) is 22.6 Å². The zero-order chi connectivity index (χ0) is 17.1. The van der Waals surface area contributed by atoms with Gasteiger partial charge in [-0.3, -0.25) is 4.79 Å². The Hall–Kier alpha value is -1.50. The van der Waals surface area contributed by atoms with Crippen LogP contribution in [-0.4, -0.2) is 58.8 Å². The summed E-state index contributed by atoms with van der Waals surface area (Å²) in [6, 6.07) is 0. The zero-order valence-electron chi connectivity index (χ0n) is 13.4. The first-order valence-corrected chi connectivity index (χ1v) is 7.32. The SMILES string of the molecule is COc1c(C)c2c(c(O)c1C/C=C(\C)CCC(=O)O)C(=O)OC2.[NaH]. The summed E-state index contributed by atoms with van der Waals surface area (Å²) in [4.78, 5) is 22.4. The van der Waals surface area contributed by atoms with Crippen molar-refractivity contribution in [1.29, 1.82) is 0 Å². The number of fused-ring (bicyclic) bond motifs is 1. The van der Waals surface area contributed by atoms with E-state index in [1.807, 2.05) is 19.9 Å². The summed E-state index contributed by atoms with van der Waals surface area (Å²) >= 11 is 0. The monoisotopic (exact) mass is 344 g/mol. The van der Waals surface area contributed by atoms with Crippen LogP contribution in [0.3, 0.4) is 0 Å². The van der Waals surface area contributed by atoms with Crippen LogP contribution in [0.5, 0.6) is 11.5 Å². The molecular formula is C17H21NaO6. The summed E-state index contributed by atoms with van der Waals surface area (Å²) in [5.74, 6) is -0.973. The van der Waals surface area contributed by atoms with E-state index >= 15 is 0 Å². The topological polar surface area (TPSA) is 93.1 Å². The molecule has 6 nitrogen and oxygen atoms in total. The van der Waals surface area contributed by atoms with Gasteiger partial charge in [0.05, 0.1) is 7.11 Å². The number of phenols is 1. The molecule has 1 aliphatic heterocycles. The molecule has 0 amide bonds. The summed E-state index contributed by atoms with van der Waals surface area (Å²) in [7, 11) is 1.51. The summed E-state index contributed by atoms with van der Waals surface area (Å²) in [5.41, 5.74) is 3.04. The normalized spacial score (nSPS) is 13.1. The van der Waals surface area contributed by atoms with Crippen molar-refractivity contribution in [3.8, 4) is 11.5 Å². The van der Waals surface area contributed by atoms with Gasteiger partial charge in [0.15, 0.2) is 0 Å². The molecule has 7 heteroatoms. The summed E-state index contributed by atoms with van der Waals surface area (Å²) in [5, 5.41) is 19.1. The average Bonchev–Trinajstić information content (AvgIpc) is 2.89. The number of carbonyl (C=O) groups is 2. The number of esters is 1. The van der Waals surface area contributed by atoms with Gasteiger partial charge in [-0.25, -0.2) is 4.79 Å². The fourth-order valence-electron chi connectivity index (χ4n) is 2.71. The zero-order valence-corrected chi connectivity index (χ0v) is 13.4. The standard InChI is InChI=1S/C17H20O6.Na.H/c1-9(5-7-13(18)19)4-6-11-15(20)14-12(8-23-17(14)21)10(2)16(11)22-3;;/h4,20H,5-8H2,1-3H3,(H,18,19);;/b9-4+;;. The molecule has 2 N–H and O–H groups in total. The number of carbonyl (C=O) groups excluding carboxylic acids is 1. The first kappa shape index (κ1) is 20.5. The van der Waals surface area contributed by atoms with Crippen LogP contribution in [0.15, 0.2) is 11.6 Å². The number of carboxylic acids is 1. The van der Waals surface area contributed by atoms with E-state index in [-0.39, 0.29) is 53.9 Å². The fraction of sp³-hybridized carbons (Fsp3) is 0.412. The Bertz CT molecular complexity index is 693. The first-order valence-electron chi connectivity index (χ1n) is 7.32. The van der Waals surface area contributed by atoms with E-state index in [0.29, 0.717) is 29.7 Å². The van der Waals surface area contributed by atoms with Crippen LogP contribution in [0.4, 0.5) is 0 Å². The molecule has 0 saturated heterocycles. The number of ether oxygens (including phenoxy) is 2. The van der Waals surface area contributed by atoms with Crippen LogP contribution in [0.1, 0.15) is 46.8 Å². The van der Waals surface area contributed by atoms with Gasteiger partial charge in [-0.2, -0.15) is 0 Å². The molecule has 1 aliphatic rings. The quantitative estimate of drug-likeness (QED) is 0.466. The number of carboxylic acid groups (broad SMARTS) is 1. The molecule has 0 bridgehead atoms. The van der Waals surface area contributed by atoms with Crippen molar-refractivity contribution in [1.82, 2.24) is 0 Å². The molecule has 0 unspecified atom stereocenters. The summed E-state index contributed by atoms with van der Waals surface area (Å²) in [6.07, 6.45) is 2.68. The number of phenolic OH excluding ortho intramolecular Hbond substituents is 1. The van der Waals surface area contributed by atoms with Gasteiger partial charge >= 0.3 is 41.5 Å². The number of aromatic hydroxyl groups is 1. The molecule has 1 aromatic carbocycles. The van der Waals surface area contributed by atoms with Crippen LogP contribution in [0, 0.1) is 6.92 Å². The molecule has 1 heterocycles. The van der Waals surface area contributed by atoms with E-state index < -0.39 is 11.9 Å². The molecule has 0 aromatic heterocycles. The Morgan fingerprint density at radius 3 is 2.62 bits per heavy atom. The van der Waals surface area contributed by atoms with Crippen molar-refractivity contribution in [2.45, 2.75) is 39.7 Å². The molecule has 0 aliphatic carbocycles. The van der Waals surface area contributed by atoms with Crippen molar-refractivity contribution >= 4 is 41.5 Å². The molecule has 0 atom stereocenters. The van der Waals surface area contributed by atoms with Crippen molar-refractivity contribution in [2.24, 2.45) is 0 Å². The maximum atomic E-state index is 11.8. The number of cyclic esters (lactones) is 1. The van der Waals surface area contributed by atoms with Crippen LogP contribution >= 0.6 is 0 Å². The minimum atomic E-state index is -0.853. The van der Waals surface area contributed by atoms with Crippen LogP contribution in [0.2, 0.25) is 0 Å². The Morgan fingerprint density at radius 2 is 2.04 bits per heavy atom. The van der Waals surface area contributed by atoms with Crippen molar-refractivity contribution in [3.05, 3.63) is 33.9 Å². The van der Waals surface area contributed by atoms with Crippen molar-refractivity contribution in [2.75, 3.05) is 7.11 Å². The second-order valence-corrected chi connectivity index (χ2v) is 5.56. The molecule has 0 saturated carbocycles. The molecule has 1 aromatic rings. The van der Waals surface area contributed by atoms with Gasteiger partial charge in [0.2, 0.25) is 0 Å². The second kappa shape index (κ2) is 8.55. The van der Waals surface area contributed by atoms with Gasteiger partial charge in [0.1, 0.15) is 23.7 Å². The summed E-state index contributed by atoms with van der Waals surface area (Å²) in [6.45, 7) is 3.79. The number of aliphatic carboxylic acids is 1. The fourth-order valence-corrected chi connectivity index (χ4v) is 2.71. The third-order valence-corrected chi connectivity index (χ3v) is 4.04. The van der Waals surface area contributed by atoms with Gasteiger partial charge in [-0.05, 0) is 32.3 Å². The van der Waals surface area contributed by atoms with Gasteiger partial charge in [-0.15, -0.1) is 0 Å².